The van der Waals surface area contributed by atoms with Gasteiger partial charge in [0.2, 0.25) is 5.88 Å². The Labute approximate surface area is 262 Å². The third kappa shape index (κ3) is 6.17. The standard InChI is InChI=1S/C36H41F2NO6/c1-18(2)15-44-35(41)34-27-8-21-10-31(39-14-28(21)33(27)34)43-16-22-9-26(30(38)13-29(22)37)32-19(3)6-24(7-20(32)4)45-25-11-23(12-25)36(5,42)17-40/h6-7,9-10,13-14,18,23,25,27,33-34,40,42H,8,11-12,15-17H2,1-5H3/t23?,25?,27-,33-,34+,36+/m1/s1. The monoisotopic (exact) mass is 621 g/mol. The van der Waals surface area contributed by atoms with E-state index in [2.05, 4.69) is 4.98 Å². The molecule has 3 aliphatic rings. The van der Waals surface area contributed by atoms with Crippen molar-refractivity contribution in [2.45, 2.75) is 78.1 Å². The largest absolute Gasteiger partial charge is 0.490 e. The maximum absolute atomic E-state index is 15.2. The number of esters is 1. The topological polar surface area (TPSA) is 98.1 Å². The van der Waals surface area contributed by atoms with Gasteiger partial charge < -0.3 is 24.4 Å². The van der Waals surface area contributed by atoms with Crippen molar-refractivity contribution in [3.63, 3.8) is 0 Å². The highest BCUT2D eigenvalue weighted by Gasteiger charge is 2.60. The molecule has 7 nitrogen and oxygen atoms in total. The van der Waals surface area contributed by atoms with Gasteiger partial charge in [-0.15, -0.1) is 0 Å². The van der Waals surface area contributed by atoms with Crippen LogP contribution in [-0.4, -0.2) is 46.1 Å². The zero-order chi connectivity index (χ0) is 32.2. The first-order chi connectivity index (χ1) is 21.4. The minimum absolute atomic E-state index is 0.0296. The van der Waals surface area contributed by atoms with Gasteiger partial charge in [0.25, 0.3) is 0 Å². The third-order valence-corrected chi connectivity index (χ3v) is 9.70. The molecule has 1 heterocycles. The van der Waals surface area contributed by atoms with E-state index in [4.69, 9.17) is 14.2 Å². The zero-order valence-electron chi connectivity index (χ0n) is 26.4. The Morgan fingerprint density at radius 3 is 2.47 bits per heavy atom. The molecule has 4 atom stereocenters. The van der Waals surface area contributed by atoms with Crippen LogP contribution in [0.1, 0.15) is 67.3 Å². The average molecular weight is 622 g/mol. The van der Waals surface area contributed by atoms with Crippen molar-refractivity contribution in [2.75, 3.05) is 13.2 Å². The van der Waals surface area contributed by atoms with Gasteiger partial charge in [-0.3, -0.25) is 4.79 Å². The van der Waals surface area contributed by atoms with E-state index < -0.39 is 17.2 Å². The lowest BCUT2D eigenvalue weighted by Crippen LogP contribution is -2.49. The molecule has 240 valence electrons. The summed E-state index contributed by atoms with van der Waals surface area (Å²) in [6, 6.07) is 7.91. The van der Waals surface area contributed by atoms with Gasteiger partial charge in [0.15, 0.2) is 0 Å². The Hall–Kier alpha value is -3.56. The highest BCUT2D eigenvalue weighted by atomic mass is 19.1. The molecule has 0 amide bonds. The van der Waals surface area contributed by atoms with Gasteiger partial charge in [-0.2, -0.15) is 0 Å². The number of aliphatic hydroxyl groups is 2. The normalized spacial score (nSPS) is 24.4. The number of hydrogen-bond acceptors (Lipinski definition) is 7. The summed E-state index contributed by atoms with van der Waals surface area (Å²) < 4.78 is 47.5. The molecule has 2 aromatic carbocycles. The van der Waals surface area contributed by atoms with Crippen LogP contribution in [0.3, 0.4) is 0 Å². The van der Waals surface area contributed by atoms with Gasteiger partial charge >= 0.3 is 5.97 Å². The van der Waals surface area contributed by atoms with Gasteiger partial charge in [-0.25, -0.2) is 13.8 Å². The number of carbonyl (C=O) groups excluding carboxylic acids is 1. The second kappa shape index (κ2) is 12.0. The molecule has 2 fully saturated rings. The molecule has 2 saturated carbocycles. The number of aromatic nitrogens is 1. The quantitative estimate of drug-likeness (QED) is 0.246. The van der Waals surface area contributed by atoms with Crippen LogP contribution in [0.5, 0.6) is 11.6 Å². The average Bonchev–Trinajstić information content (AvgIpc) is 3.54. The summed E-state index contributed by atoms with van der Waals surface area (Å²) in [6.07, 6.45) is 3.69. The van der Waals surface area contributed by atoms with Crippen LogP contribution in [0.2, 0.25) is 0 Å². The SMILES string of the molecule is Cc1cc(OC2CC([C@@](C)(O)CO)C2)cc(C)c1-c1cc(COc2cc3c(cn2)[C@H]2[C@@H](C3)[C@@H]2C(=O)OCC(C)C)c(F)cc1F. The number of pyridine rings is 1. The minimum Gasteiger partial charge on any atom is -0.490 e. The molecule has 0 radical (unpaired) electrons. The number of ether oxygens (including phenoxy) is 3. The molecule has 6 rings (SSSR count). The van der Waals surface area contributed by atoms with Crippen LogP contribution in [0.25, 0.3) is 11.1 Å². The second-order valence-electron chi connectivity index (χ2n) is 13.7. The summed E-state index contributed by atoms with van der Waals surface area (Å²) in [5.74, 6) is 0.0122. The Bertz CT molecular complexity index is 1590. The van der Waals surface area contributed by atoms with Crippen LogP contribution in [-0.2, 0) is 22.6 Å². The van der Waals surface area contributed by atoms with Gasteiger partial charge in [0, 0.05) is 35.4 Å². The predicted molar refractivity (Wildman–Crippen MR) is 164 cm³/mol. The lowest BCUT2D eigenvalue weighted by Gasteiger charge is -2.43. The van der Waals surface area contributed by atoms with Crippen LogP contribution >= 0.6 is 0 Å². The molecule has 0 unspecified atom stereocenters. The van der Waals surface area contributed by atoms with Crippen molar-refractivity contribution >= 4 is 5.97 Å². The van der Waals surface area contributed by atoms with E-state index in [0.717, 1.165) is 34.7 Å². The second-order valence-corrected chi connectivity index (χ2v) is 13.7. The molecular formula is C36H41F2NO6. The van der Waals surface area contributed by atoms with Gasteiger partial charge in [0.05, 0.1) is 30.8 Å². The highest BCUT2D eigenvalue weighted by molar-refractivity contribution is 5.79. The van der Waals surface area contributed by atoms with E-state index in [1.54, 1.807) is 13.1 Å². The van der Waals surface area contributed by atoms with E-state index in [1.807, 2.05) is 45.9 Å². The molecule has 3 aromatic rings. The molecule has 9 heteroatoms. The van der Waals surface area contributed by atoms with Crippen LogP contribution in [0, 0.1) is 49.2 Å². The summed E-state index contributed by atoms with van der Waals surface area (Å²) in [6.45, 7) is 9.38. The first kappa shape index (κ1) is 31.4. The van der Waals surface area contributed by atoms with Crippen molar-refractivity contribution in [1.29, 1.82) is 0 Å². The Balaban J connectivity index is 1.12. The van der Waals surface area contributed by atoms with Crippen molar-refractivity contribution < 1.29 is 38.0 Å². The molecule has 0 spiro atoms. The van der Waals surface area contributed by atoms with Crippen LogP contribution < -0.4 is 9.47 Å². The Morgan fingerprint density at radius 1 is 1.09 bits per heavy atom. The van der Waals surface area contributed by atoms with Gasteiger partial charge in [-0.1, -0.05) is 13.8 Å². The molecule has 0 saturated heterocycles. The fourth-order valence-corrected chi connectivity index (χ4v) is 6.97. The lowest BCUT2D eigenvalue weighted by molar-refractivity contribution is -0.146. The van der Waals surface area contributed by atoms with Crippen molar-refractivity contribution in [3.05, 3.63) is 76.0 Å². The number of nitrogens with zero attached hydrogens (tertiary/aromatic N) is 1. The third-order valence-electron chi connectivity index (χ3n) is 9.70. The summed E-state index contributed by atoms with van der Waals surface area (Å²) in [5.41, 5.74) is 3.71. The fraction of sp³-hybridized carbons (Fsp3) is 0.500. The first-order valence-electron chi connectivity index (χ1n) is 15.7. The molecule has 0 aliphatic heterocycles. The number of aliphatic hydroxyl groups excluding tert-OH is 1. The molecule has 3 aliphatic carbocycles. The lowest BCUT2D eigenvalue weighted by atomic mass is 9.72. The first-order valence-corrected chi connectivity index (χ1v) is 15.7. The number of benzene rings is 2. The smallest absolute Gasteiger partial charge is 0.309 e. The summed E-state index contributed by atoms with van der Waals surface area (Å²) in [7, 11) is 0. The fourth-order valence-electron chi connectivity index (χ4n) is 6.97. The summed E-state index contributed by atoms with van der Waals surface area (Å²) in [5, 5.41) is 19.6. The number of hydrogen-bond donors (Lipinski definition) is 2. The molecule has 2 N–H and O–H groups in total. The molecule has 1 aromatic heterocycles. The number of rotatable bonds is 11. The molecular weight excluding hydrogens is 580 g/mol. The summed E-state index contributed by atoms with van der Waals surface area (Å²) in [4.78, 5) is 16.9. The number of halogens is 2. The Morgan fingerprint density at radius 2 is 1.80 bits per heavy atom. The predicted octanol–water partition coefficient (Wildman–Crippen LogP) is 6.21. The number of carbonyl (C=O) groups is 1. The maximum Gasteiger partial charge on any atom is 0.309 e. The van der Waals surface area contributed by atoms with Crippen molar-refractivity contribution in [1.82, 2.24) is 4.98 Å². The number of fused-ring (bicyclic) bond motifs is 3. The van der Waals surface area contributed by atoms with Crippen molar-refractivity contribution in [3.8, 4) is 22.8 Å². The summed E-state index contributed by atoms with van der Waals surface area (Å²) >= 11 is 0. The minimum atomic E-state index is -1.12. The number of aryl methyl sites for hydroxylation is 2. The molecule has 45 heavy (non-hydrogen) atoms. The van der Waals surface area contributed by atoms with Crippen molar-refractivity contribution in [2.24, 2.45) is 23.7 Å². The molecule has 0 bridgehead atoms. The maximum atomic E-state index is 15.2. The highest BCUT2D eigenvalue weighted by Crippen LogP contribution is 2.62. The van der Waals surface area contributed by atoms with E-state index in [0.29, 0.717) is 42.6 Å². The zero-order valence-corrected chi connectivity index (χ0v) is 26.4. The van der Waals surface area contributed by atoms with Gasteiger partial charge in [-0.05, 0) is 104 Å². The van der Waals surface area contributed by atoms with E-state index in [9.17, 15) is 19.4 Å². The van der Waals surface area contributed by atoms with Crippen LogP contribution in [0.15, 0.2) is 36.5 Å². The van der Waals surface area contributed by atoms with E-state index in [-0.39, 0.29) is 60.1 Å². The Kier molecular flexibility index (Phi) is 8.37. The van der Waals surface area contributed by atoms with E-state index >= 15 is 4.39 Å². The van der Waals surface area contributed by atoms with Crippen LogP contribution in [0.4, 0.5) is 8.78 Å². The van der Waals surface area contributed by atoms with E-state index in [1.165, 1.54) is 6.07 Å². The van der Waals surface area contributed by atoms with Gasteiger partial charge in [0.1, 0.15) is 24.0 Å².